The third-order valence-electron chi connectivity index (χ3n) is 5.34. The van der Waals surface area contributed by atoms with Gasteiger partial charge in [0, 0.05) is 32.8 Å². The molecule has 6 nitrogen and oxygen atoms in total. The number of piperidine rings is 1. The molecule has 3 aliphatic rings. The van der Waals surface area contributed by atoms with Crippen molar-refractivity contribution in [2.45, 2.75) is 70.2 Å². The van der Waals surface area contributed by atoms with Gasteiger partial charge in [0.25, 0.3) is 0 Å². The lowest BCUT2D eigenvalue weighted by Crippen LogP contribution is -2.47. The minimum Gasteiger partial charge on any atom is -0.376 e. The number of rotatable bonds is 6. The second-order valence-corrected chi connectivity index (χ2v) is 7.34. The van der Waals surface area contributed by atoms with E-state index in [9.17, 15) is 0 Å². The average Bonchev–Trinajstić information content (AvgIpc) is 3.18. The zero-order chi connectivity index (χ0) is 17.3. The number of nitrogens with zero attached hydrogens (tertiary/aromatic N) is 2. The molecule has 3 fully saturated rings. The second-order valence-electron chi connectivity index (χ2n) is 7.34. The standard InChI is InChI=1S/C19H35N3O3/c1-2-20-19(21-14-17-7-5-13-23-17)22-10-8-16(9-11-22)25-15-18-6-3-4-12-24-18/h16-18H,2-15H2,1H3,(H,20,21). The van der Waals surface area contributed by atoms with E-state index in [0.717, 1.165) is 77.6 Å². The Bertz CT molecular complexity index is 399. The predicted molar refractivity (Wildman–Crippen MR) is 99.1 cm³/mol. The first kappa shape index (κ1) is 18.9. The maximum Gasteiger partial charge on any atom is 0.194 e. The number of guanidine groups is 1. The van der Waals surface area contributed by atoms with Crippen LogP contribution in [0.15, 0.2) is 4.99 Å². The number of hydrogen-bond donors (Lipinski definition) is 1. The zero-order valence-corrected chi connectivity index (χ0v) is 15.8. The molecule has 0 aromatic carbocycles. The van der Waals surface area contributed by atoms with Crippen molar-refractivity contribution in [3.63, 3.8) is 0 Å². The lowest BCUT2D eigenvalue weighted by atomic mass is 10.1. The smallest absolute Gasteiger partial charge is 0.194 e. The minimum atomic E-state index is 0.310. The van der Waals surface area contributed by atoms with Crippen LogP contribution in [0.4, 0.5) is 0 Å². The van der Waals surface area contributed by atoms with Crippen molar-refractivity contribution < 1.29 is 14.2 Å². The summed E-state index contributed by atoms with van der Waals surface area (Å²) in [5.74, 6) is 1.03. The van der Waals surface area contributed by atoms with Crippen molar-refractivity contribution >= 4 is 5.96 Å². The molecule has 0 aromatic rings. The van der Waals surface area contributed by atoms with E-state index >= 15 is 0 Å². The molecule has 0 aliphatic carbocycles. The third-order valence-corrected chi connectivity index (χ3v) is 5.34. The number of hydrogen-bond acceptors (Lipinski definition) is 4. The Balaban J connectivity index is 1.39. The van der Waals surface area contributed by atoms with Gasteiger partial charge in [0.2, 0.25) is 0 Å². The molecule has 2 atom stereocenters. The van der Waals surface area contributed by atoms with E-state index < -0.39 is 0 Å². The number of nitrogens with one attached hydrogen (secondary N) is 1. The van der Waals surface area contributed by atoms with Crippen molar-refractivity contribution in [3.8, 4) is 0 Å². The number of ether oxygens (including phenoxy) is 3. The van der Waals surface area contributed by atoms with Gasteiger partial charge in [-0.25, -0.2) is 0 Å². The molecular formula is C19H35N3O3. The molecule has 0 aromatic heterocycles. The Labute approximate surface area is 152 Å². The fourth-order valence-electron chi connectivity index (χ4n) is 3.82. The molecule has 144 valence electrons. The summed E-state index contributed by atoms with van der Waals surface area (Å²) >= 11 is 0. The number of aliphatic imine (C=N–C) groups is 1. The van der Waals surface area contributed by atoms with Gasteiger partial charge < -0.3 is 24.4 Å². The Hall–Kier alpha value is -0.850. The molecule has 2 unspecified atom stereocenters. The van der Waals surface area contributed by atoms with Crippen molar-refractivity contribution in [3.05, 3.63) is 0 Å². The van der Waals surface area contributed by atoms with Gasteiger partial charge in [-0.05, 0) is 51.9 Å². The Morgan fingerprint density at radius 2 is 1.80 bits per heavy atom. The average molecular weight is 354 g/mol. The third kappa shape index (κ3) is 6.12. The van der Waals surface area contributed by atoms with Crippen LogP contribution in [0.1, 0.15) is 51.9 Å². The zero-order valence-electron chi connectivity index (χ0n) is 15.8. The first-order valence-electron chi connectivity index (χ1n) is 10.2. The maximum atomic E-state index is 6.12. The molecule has 0 bridgehead atoms. The van der Waals surface area contributed by atoms with Crippen LogP contribution in [-0.2, 0) is 14.2 Å². The van der Waals surface area contributed by atoms with Crippen molar-refractivity contribution in [1.82, 2.24) is 10.2 Å². The summed E-state index contributed by atoms with van der Waals surface area (Å²) in [6, 6.07) is 0. The summed E-state index contributed by atoms with van der Waals surface area (Å²) < 4.78 is 17.6. The highest BCUT2D eigenvalue weighted by molar-refractivity contribution is 5.80. The van der Waals surface area contributed by atoms with Crippen LogP contribution in [0.5, 0.6) is 0 Å². The van der Waals surface area contributed by atoms with Gasteiger partial charge in [0.15, 0.2) is 5.96 Å². The largest absolute Gasteiger partial charge is 0.376 e. The highest BCUT2D eigenvalue weighted by Crippen LogP contribution is 2.18. The summed E-state index contributed by atoms with van der Waals surface area (Å²) in [6.45, 7) is 8.38. The van der Waals surface area contributed by atoms with Gasteiger partial charge in [-0.3, -0.25) is 4.99 Å². The molecule has 0 radical (unpaired) electrons. The molecule has 6 heteroatoms. The Morgan fingerprint density at radius 1 is 1.04 bits per heavy atom. The maximum absolute atomic E-state index is 6.12. The van der Waals surface area contributed by atoms with E-state index in [2.05, 4.69) is 17.1 Å². The van der Waals surface area contributed by atoms with Crippen molar-refractivity contribution in [2.24, 2.45) is 4.99 Å². The van der Waals surface area contributed by atoms with Gasteiger partial charge in [-0.15, -0.1) is 0 Å². The highest BCUT2D eigenvalue weighted by atomic mass is 16.5. The molecular weight excluding hydrogens is 318 g/mol. The summed E-state index contributed by atoms with van der Waals surface area (Å²) in [5, 5.41) is 3.43. The van der Waals surface area contributed by atoms with Gasteiger partial charge >= 0.3 is 0 Å². The molecule has 1 N–H and O–H groups in total. The lowest BCUT2D eigenvalue weighted by Gasteiger charge is -2.35. The van der Waals surface area contributed by atoms with Crippen LogP contribution < -0.4 is 5.32 Å². The van der Waals surface area contributed by atoms with E-state index in [1.807, 2.05) is 0 Å². The normalized spacial score (nSPS) is 29.2. The topological polar surface area (TPSA) is 55.3 Å². The van der Waals surface area contributed by atoms with Crippen LogP contribution in [-0.4, -0.2) is 75.2 Å². The quantitative estimate of drug-likeness (QED) is 0.586. The van der Waals surface area contributed by atoms with Crippen LogP contribution in [0, 0.1) is 0 Å². The fraction of sp³-hybridized carbons (Fsp3) is 0.947. The molecule has 3 saturated heterocycles. The van der Waals surface area contributed by atoms with Gasteiger partial charge in [-0.1, -0.05) is 0 Å². The summed E-state index contributed by atoms with van der Waals surface area (Å²) in [5.41, 5.74) is 0. The fourth-order valence-corrected chi connectivity index (χ4v) is 3.82. The van der Waals surface area contributed by atoms with Crippen LogP contribution >= 0.6 is 0 Å². The predicted octanol–water partition coefficient (Wildman–Crippen LogP) is 2.18. The van der Waals surface area contributed by atoms with E-state index in [1.54, 1.807) is 0 Å². The van der Waals surface area contributed by atoms with Gasteiger partial charge in [-0.2, -0.15) is 0 Å². The van der Waals surface area contributed by atoms with Crippen molar-refractivity contribution in [2.75, 3.05) is 46.0 Å². The first-order valence-corrected chi connectivity index (χ1v) is 10.2. The Kier molecular flexibility index (Phi) is 7.82. The molecule has 0 saturated carbocycles. The van der Waals surface area contributed by atoms with Crippen LogP contribution in [0.3, 0.4) is 0 Å². The van der Waals surface area contributed by atoms with E-state index in [0.29, 0.717) is 18.3 Å². The van der Waals surface area contributed by atoms with Crippen LogP contribution in [0.25, 0.3) is 0 Å². The highest BCUT2D eigenvalue weighted by Gasteiger charge is 2.24. The molecule has 0 amide bonds. The first-order chi connectivity index (χ1) is 12.3. The van der Waals surface area contributed by atoms with Crippen LogP contribution in [0.2, 0.25) is 0 Å². The van der Waals surface area contributed by atoms with E-state index in [4.69, 9.17) is 19.2 Å². The SMILES string of the molecule is CCNC(=NCC1CCCO1)N1CCC(OCC2CCCCO2)CC1. The molecule has 3 rings (SSSR count). The molecule has 3 aliphatic heterocycles. The minimum absolute atomic E-state index is 0.310. The van der Waals surface area contributed by atoms with Crippen molar-refractivity contribution in [1.29, 1.82) is 0 Å². The summed E-state index contributed by atoms with van der Waals surface area (Å²) in [6.07, 6.45) is 9.07. The van der Waals surface area contributed by atoms with E-state index in [1.165, 1.54) is 19.3 Å². The van der Waals surface area contributed by atoms with E-state index in [-0.39, 0.29) is 0 Å². The monoisotopic (exact) mass is 353 g/mol. The van der Waals surface area contributed by atoms with Gasteiger partial charge in [0.1, 0.15) is 0 Å². The number of likely N-dealkylation sites (tertiary alicyclic amines) is 1. The van der Waals surface area contributed by atoms with Gasteiger partial charge in [0.05, 0.1) is 31.5 Å². The lowest BCUT2D eigenvalue weighted by molar-refractivity contribution is -0.0721. The molecule has 25 heavy (non-hydrogen) atoms. The summed E-state index contributed by atoms with van der Waals surface area (Å²) in [4.78, 5) is 7.18. The Morgan fingerprint density at radius 3 is 2.48 bits per heavy atom. The molecule has 0 spiro atoms. The summed E-state index contributed by atoms with van der Waals surface area (Å²) in [7, 11) is 0. The molecule has 3 heterocycles. The second kappa shape index (κ2) is 10.3.